The molecule has 5 rings (SSSR count). The maximum Gasteiger partial charge on any atom is 0.118 e. The molecule has 0 spiro atoms. The maximum atomic E-state index is 5.87. The molecule has 0 saturated heterocycles. The van der Waals surface area contributed by atoms with Gasteiger partial charge in [-0.1, -0.05) is 66.2 Å². The zero-order valence-electron chi connectivity index (χ0n) is 22.1. The van der Waals surface area contributed by atoms with Gasteiger partial charge in [-0.15, -0.1) is 0 Å². The van der Waals surface area contributed by atoms with Crippen molar-refractivity contribution in [3.05, 3.63) is 124 Å². The highest BCUT2D eigenvalue weighted by Gasteiger charge is 2.33. The van der Waals surface area contributed by atoms with Gasteiger partial charge in [0, 0.05) is 12.5 Å². The van der Waals surface area contributed by atoms with Crippen LogP contribution in [-0.4, -0.2) is 27.4 Å². The highest BCUT2D eigenvalue weighted by molar-refractivity contribution is 5.91. The quantitative estimate of drug-likeness (QED) is 0.222. The molecule has 0 heterocycles. The highest BCUT2D eigenvalue weighted by Crippen LogP contribution is 2.50. The van der Waals surface area contributed by atoms with E-state index in [1.54, 1.807) is 14.2 Å². The van der Waals surface area contributed by atoms with Crippen LogP contribution in [0.2, 0.25) is 0 Å². The Kier molecular flexibility index (Phi) is 7.43. The fourth-order valence-corrected chi connectivity index (χ4v) is 5.33. The number of rotatable bonds is 9. The molecule has 0 radical (unpaired) electrons. The summed E-state index contributed by atoms with van der Waals surface area (Å²) in [6.07, 6.45) is 0.875. The van der Waals surface area contributed by atoms with Gasteiger partial charge in [0.2, 0.25) is 0 Å². The van der Waals surface area contributed by atoms with Gasteiger partial charge in [-0.3, -0.25) is 0 Å². The van der Waals surface area contributed by atoms with Gasteiger partial charge in [0.25, 0.3) is 0 Å². The topological polar surface area (TPSA) is 27.7 Å². The summed E-state index contributed by atoms with van der Waals surface area (Å²) in [6, 6.07) is 32.6. The number of hydrogen-bond acceptors (Lipinski definition) is 3. The molecule has 3 heteroatoms. The molecule has 4 aromatic carbocycles. The van der Waals surface area contributed by atoms with Crippen molar-refractivity contribution in [2.75, 3.05) is 27.4 Å². The molecular weight excluding hydrogens is 456 g/mol. The van der Waals surface area contributed by atoms with Gasteiger partial charge in [-0.25, -0.2) is 0 Å². The first-order valence-corrected chi connectivity index (χ1v) is 12.9. The summed E-state index contributed by atoms with van der Waals surface area (Å²) in [5.41, 5.74) is 11.5. The van der Waals surface area contributed by atoms with Crippen molar-refractivity contribution in [1.29, 1.82) is 0 Å². The minimum Gasteiger partial charge on any atom is -0.497 e. The molecule has 0 fully saturated rings. The molecule has 0 amide bonds. The molecule has 0 bridgehead atoms. The number of fused-ring (bicyclic) bond motifs is 1. The third kappa shape index (κ3) is 5.05. The fraction of sp³-hybridized carbons (Fsp3) is 0.235. The van der Waals surface area contributed by atoms with Gasteiger partial charge in [-0.05, 0) is 95.1 Å². The Labute approximate surface area is 220 Å². The van der Waals surface area contributed by atoms with Gasteiger partial charge >= 0.3 is 0 Å². The predicted octanol–water partition coefficient (Wildman–Crippen LogP) is 8.05. The van der Waals surface area contributed by atoms with E-state index in [-0.39, 0.29) is 5.92 Å². The van der Waals surface area contributed by atoms with Gasteiger partial charge in [0.05, 0.1) is 20.8 Å². The van der Waals surface area contributed by atoms with Crippen LogP contribution in [-0.2, 0) is 4.74 Å². The Morgan fingerprint density at radius 1 is 0.676 bits per heavy atom. The molecule has 0 N–H and O–H groups in total. The zero-order valence-corrected chi connectivity index (χ0v) is 22.1. The van der Waals surface area contributed by atoms with Crippen molar-refractivity contribution in [3.8, 4) is 22.6 Å². The van der Waals surface area contributed by atoms with Crippen LogP contribution in [0, 0.1) is 6.92 Å². The molecule has 0 saturated carbocycles. The summed E-state index contributed by atoms with van der Waals surface area (Å²) in [5, 5.41) is 0. The Morgan fingerprint density at radius 3 is 1.86 bits per heavy atom. The first-order valence-electron chi connectivity index (χ1n) is 12.9. The molecule has 1 atom stereocenters. The highest BCUT2D eigenvalue weighted by atomic mass is 16.5. The third-order valence-corrected chi connectivity index (χ3v) is 7.24. The van der Waals surface area contributed by atoms with E-state index in [0.29, 0.717) is 6.61 Å². The molecule has 1 aliphatic carbocycles. The van der Waals surface area contributed by atoms with Crippen LogP contribution in [0.5, 0.6) is 11.5 Å². The minimum atomic E-state index is 0.193. The van der Waals surface area contributed by atoms with Crippen LogP contribution in [0.4, 0.5) is 0 Å². The van der Waals surface area contributed by atoms with E-state index in [4.69, 9.17) is 14.2 Å². The van der Waals surface area contributed by atoms with E-state index < -0.39 is 0 Å². The van der Waals surface area contributed by atoms with Gasteiger partial charge in [0.1, 0.15) is 11.5 Å². The number of hydrogen-bond donors (Lipinski definition) is 0. The Bertz CT molecular complexity index is 1380. The summed E-state index contributed by atoms with van der Waals surface area (Å²) in [4.78, 5) is 0. The van der Waals surface area contributed by atoms with E-state index in [0.717, 1.165) is 24.5 Å². The van der Waals surface area contributed by atoms with Crippen LogP contribution in [0.25, 0.3) is 16.7 Å². The lowest BCUT2D eigenvalue weighted by molar-refractivity contribution is 0.150. The normalized spacial score (nSPS) is 14.5. The smallest absolute Gasteiger partial charge is 0.118 e. The summed E-state index contributed by atoms with van der Waals surface area (Å²) in [5.74, 6) is 1.92. The third-order valence-electron chi connectivity index (χ3n) is 7.24. The standard InChI is InChI=1S/C34H34O3/c1-5-37-21-20-31-33(25-8-6-23(2)7-9-25)30-19-14-27(24-10-15-28(35-3)16-11-24)22-32(30)34(31)26-12-17-29(36-4)18-13-26/h6-19,22,33H,5,20-21H2,1-4H3. The summed E-state index contributed by atoms with van der Waals surface area (Å²) in [6.45, 7) is 5.62. The van der Waals surface area contributed by atoms with Gasteiger partial charge in [-0.2, -0.15) is 0 Å². The zero-order chi connectivity index (χ0) is 25.8. The first-order chi connectivity index (χ1) is 18.1. The number of aryl methyl sites for hydroxylation is 1. The average Bonchev–Trinajstić information content (AvgIpc) is 3.27. The molecule has 0 aliphatic heterocycles. The summed E-state index contributed by atoms with van der Waals surface area (Å²) in [7, 11) is 3.41. The Hall–Kier alpha value is -3.82. The maximum absolute atomic E-state index is 5.87. The minimum absolute atomic E-state index is 0.193. The van der Waals surface area contributed by atoms with E-state index in [2.05, 4.69) is 92.7 Å². The molecule has 1 unspecified atom stereocenters. The van der Waals surface area contributed by atoms with Gasteiger partial charge < -0.3 is 14.2 Å². The predicted molar refractivity (Wildman–Crippen MR) is 152 cm³/mol. The van der Waals surface area contributed by atoms with Crippen molar-refractivity contribution >= 4 is 5.57 Å². The van der Waals surface area contributed by atoms with Crippen molar-refractivity contribution in [2.45, 2.75) is 26.2 Å². The van der Waals surface area contributed by atoms with Crippen LogP contribution < -0.4 is 9.47 Å². The first kappa shape index (κ1) is 24.9. The lowest BCUT2D eigenvalue weighted by Gasteiger charge is -2.19. The fourth-order valence-electron chi connectivity index (χ4n) is 5.33. The van der Waals surface area contributed by atoms with E-state index in [9.17, 15) is 0 Å². The lowest BCUT2D eigenvalue weighted by Crippen LogP contribution is -2.05. The molecule has 188 valence electrons. The van der Waals surface area contributed by atoms with Gasteiger partial charge in [0.15, 0.2) is 0 Å². The number of ether oxygens (including phenoxy) is 3. The Balaban J connectivity index is 1.70. The van der Waals surface area contributed by atoms with Crippen molar-refractivity contribution in [2.24, 2.45) is 0 Å². The monoisotopic (exact) mass is 490 g/mol. The van der Waals surface area contributed by atoms with Crippen molar-refractivity contribution in [3.63, 3.8) is 0 Å². The largest absolute Gasteiger partial charge is 0.497 e. The second kappa shape index (κ2) is 11.1. The van der Waals surface area contributed by atoms with Crippen LogP contribution in [0.3, 0.4) is 0 Å². The lowest BCUT2D eigenvalue weighted by atomic mass is 9.86. The second-order valence-corrected chi connectivity index (χ2v) is 9.45. The van der Waals surface area contributed by atoms with E-state index in [1.807, 2.05) is 12.1 Å². The number of methoxy groups -OCH3 is 2. The van der Waals surface area contributed by atoms with Crippen LogP contribution in [0.1, 0.15) is 47.1 Å². The Morgan fingerprint density at radius 2 is 1.27 bits per heavy atom. The number of benzene rings is 4. The summed E-state index contributed by atoms with van der Waals surface area (Å²) >= 11 is 0. The molecule has 37 heavy (non-hydrogen) atoms. The second-order valence-electron chi connectivity index (χ2n) is 9.45. The van der Waals surface area contributed by atoms with E-state index >= 15 is 0 Å². The average molecular weight is 491 g/mol. The molecule has 1 aliphatic rings. The van der Waals surface area contributed by atoms with Crippen molar-refractivity contribution < 1.29 is 14.2 Å². The van der Waals surface area contributed by atoms with E-state index in [1.165, 1.54) is 50.1 Å². The SMILES string of the molecule is CCOCCC1=C(c2ccc(OC)cc2)c2cc(-c3ccc(OC)cc3)ccc2C1c1ccc(C)cc1. The van der Waals surface area contributed by atoms with Crippen molar-refractivity contribution in [1.82, 2.24) is 0 Å². The summed E-state index contributed by atoms with van der Waals surface area (Å²) < 4.78 is 16.7. The molecule has 3 nitrogen and oxygen atoms in total. The molecule has 4 aromatic rings. The van der Waals surface area contributed by atoms with Crippen LogP contribution in [0.15, 0.2) is 96.6 Å². The molecule has 0 aromatic heterocycles. The van der Waals surface area contributed by atoms with Crippen LogP contribution >= 0.6 is 0 Å². The molecular formula is C34H34O3.